The van der Waals surface area contributed by atoms with Gasteiger partial charge in [0, 0.05) is 24.7 Å². The first-order valence-corrected chi connectivity index (χ1v) is 6.70. The third-order valence-electron chi connectivity index (χ3n) is 2.97. The Labute approximate surface area is 118 Å². The highest BCUT2D eigenvalue weighted by molar-refractivity contribution is 5.92. The van der Waals surface area contributed by atoms with Crippen LogP contribution in [0.25, 0.3) is 10.8 Å². The van der Waals surface area contributed by atoms with E-state index in [9.17, 15) is 0 Å². The second-order valence-electron chi connectivity index (χ2n) is 4.36. The van der Waals surface area contributed by atoms with Gasteiger partial charge in [-0.3, -0.25) is 0 Å². The molecule has 0 atom stereocenters. The number of hydrogen-bond donors (Lipinski definition) is 2. The molecule has 2 N–H and O–H groups in total. The van der Waals surface area contributed by atoms with E-state index < -0.39 is 0 Å². The van der Waals surface area contributed by atoms with Crippen LogP contribution in [0.1, 0.15) is 6.42 Å². The van der Waals surface area contributed by atoms with Crippen LogP contribution in [0.3, 0.4) is 0 Å². The molecule has 20 heavy (non-hydrogen) atoms. The third kappa shape index (κ3) is 3.82. The first-order chi connectivity index (χ1) is 9.85. The lowest BCUT2D eigenvalue weighted by atomic mass is 10.1. The second kappa shape index (κ2) is 7.67. The van der Waals surface area contributed by atoms with Crippen molar-refractivity contribution in [3.05, 3.63) is 30.5 Å². The first kappa shape index (κ1) is 14.6. The molecule has 0 aliphatic carbocycles. The highest BCUT2D eigenvalue weighted by Crippen LogP contribution is 2.25. The Hall–Kier alpha value is -1.85. The van der Waals surface area contributed by atoms with Crippen molar-refractivity contribution in [2.45, 2.75) is 6.42 Å². The summed E-state index contributed by atoms with van der Waals surface area (Å²) in [7, 11) is 1.66. The van der Waals surface area contributed by atoms with Gasteiger partial charge in [-0.05, 0) is 30.0 Å². The fourth-order valence-electron chi connectivity index (χ4n) is 1.96. The SMILES string of the molecule is COc1ccc2ccnc(NCCCOCCO)c2c1. The molecule has 1 aromatic heterocycles. The number of fused-ring (bicyclic) bond motifs is 1. The van der Waals surface area contributed by atoms with Gasteiger partial charge in [0.1, 0.15) is 11.6 Å². The highest BCUT2D eigenvalue weighted by atomic mass is 16.5. The summed E-state index contributed by atoms with van der Waals surface area (Å²) in [6, 6.07) is 7.91. The van der Waals surface area contributed by atoms with Gasteiger partial charge in [0.15, 0.2) is 0 Å². The smallest absolute Gasteiger partial charge is 0.133 e. The number of benzene rings is 1. The molecule has 0 spiro atoms. The molecule has 0 bridgehead atoms. The van der Waals surface area contributed by atoms with E-state index in [2.05, 4.69) is 10.3 Å². The molecule has 0 fully saturated rings. The van der Waals surface area contributed by atoms with Crippen LogP contribution in [0.2, 0.25) is 0 Å². The Morgan fingerprint density at radius 1 is 1.25 bits per heavy atom. The number of rotatable bonds is 8. The topological polar surface area (TPSA) is 63.6 Å². The van der Waals surface area contributed by atoms with E-state index >= 15 is 0 Å². The van der Waals surface area contributed by atoms with Crippen LogP contribution in [0.15, 0.2) is 30.5 Å². The van der Waals surface area contributed by atoms with Gasteiger partial charge in [0.05, 0.1) is 20.3 Å². The molecule has 108 valence electrons. The summed E-state index contributed by atoms with van der Waals surface area (Å²) in [5, 5.41) is 14.1. The van der Waals surface area contributed by atoms with E-state index in [0.29, 0.717) is 13.2 Å². The van der Waals surface area contributed by atoms with Crippen molar-refractivity contribution >= 4 is 16.6 Å². The molecule has 0 aliphatic heterocycles. The van der Waals surface area contributed by atoms with E-state index in [1.165, 1.54) is 0 Å². The van der Waals surface area contributed by atoms with Crippen molar-refractivity contribution in [1.82, 2.24) is 4.98 Å². The molecule has 2 aromatic rings. The Kier molecular flexibility index (Phi) is 5.58. The molecule has 0 radical (unpaired) electrons. The third-order valence-corrected chi connectivity index (χ3v) is 2.97. The van der Waals surface area contributed by atoms with Crippen LogP contribution in [0.4, 0.5) is 5.82 Å². The van der Waals surface area contributed by atoms with Crippen molar-refractivity contribution in [3.63, 3.8) is 0 Å². The van der Waals surface area contributed by atoms with E-state index in [-0.39, 0.29) is 6.61 Å². The molecule has 5 heteroatoms. The Morgan fingerprint density at radius 3 is 2.95 bits per heavy atom. The number of anilines is 1. The summed E-state index contributed by atoms with van der Waals surface area (Å²) in [6.07, 6.45) is 2.65. The number of aliphatic hydroxyl groups is 1. The van der Waals surface area contributed by atoms with Gasteiger partial charge in [0.25, 0.3) is 0 Å². The Balaban J connectivity index is 1.98. The van der Waals surface area contributed by atoms with E-state index in [0.717, 1.165) is 35.3 Å². The van der Waals surface area contributed by atoms with Crippen LogP contribution in [0.5, 0.6) is 5.75 Å². The maximum atomic E-state index is 8.61. The van der Waals surface area contributed by atoms with Gasteiger partial charge in [-0.1, -0.05) is 6.07 Å². The number of methoxy groups -OCH3 is 1. The number of nitrogens with one attached hydrogen (secondary N) is 1. The number of nitrogens with zero attached hydrogens (tertiary/aromatic N) is 1. The van der Waals surface area contributed by atoms with Gasteiger partial charge in [-0.2, -0.15) is 0 Å². The molecule has 0 unspecified atom stereocenters. The molecule has 2 rings (SSSR count). The predicted octanol–water partition coefficient (Wildman–Crippen LogP) is 2.05. The maximum Gasteiger partial charge on any atom is 0.133 e. The van der Waals surface area contributed by atoms with E-state index in [1.54, 1.807) is 13.3 Å². The molecule has 0 aliphatic rings. The van der Waals surface area contributed by atoms with Gasteiger partial charge in [-0.25, -0.2) is 4.98 Å². The largest absolute Gasteiger partial charge is 0.497 e. The monoisotopic (exact) mass is 276 g/mol. The Morgan fingerprint density at radius 2 is 2.15 bits per heavy atom. The van der Waals surface area contributed by atoms with Crippen LogP contribution in [0, 0.1) is 0 Å². The number of pyridine rings is 1. The molecule has 0 saturated heterocycles. The van der Waals surface area contributed by atoms with Crippen LogP contribution in [-0.2, 0) is 4.74 Å². The summed E-state index contributed by atoms with van der Waals surface area (Å²) in [4.78, 5) is 4.37. The van der Waals surface area contributed by atoms with Gasteiger partial charge in [-0.15, -0.1) is 0 Å². The maximum absolute atomic E-state index is 8.61. The normalized spacial score (nSPS) is 10.7. The minimum atomic E-state index is 0.0676. The zero-order valence-electron chi connectivity index (χ0n) is 11.6. The summed E-state index contributed by atoms with van der Waals surface area (Å²) in [5.41, 5.74) is 0. The summed E-state index contributed by atoms with van der Waals surface area (Å²) < 4.78 is 10.5. The number of aromatic nitrogens is 1. The van der Waals surface area contributed by atoms with E-state index in [1.807, 2.05) is 24.3 Å². The predicted molar refractivity (Wildman–Crippen MR) is 79.3 cm³/mol. The van der Waals surface area contributed by atoms with Gasteiger partial charge in [0.2, 0.25) is 0 Å². The lowest BCUT2D eigenvalue weighted by molar-refractivity contribution is 0.0922. The van der Waals surface area contributed by atoms with Crippen LogP contribution < -0.4 is 10.1 Å². The standard InChI is InChI=1S/C15H20N2O3/c1-19-13-4-3-12-5-7-17-15(14(12)11-13)16-6-2-9-20-10-8-18/h3-5,7,11,18H,2,6,8-10H2,1H3,(H,16,17). The van der Waals surface area contributed by atoms with Crippen molar-refractivity contribution in [3.8, 4) is 5.75 Å². The molecule has 5 nitrogen and oxygen atoms in total. The lowest BCUT2D eigenvalue weighted by Crippen LogP contribution is -2.08. The minimum absolute atomic E-state index is 0.0676. The first-order valence-electron chi connectivity index (χ1n) is 6.70. The zero-order chi connectivity index (χ0) is 14.2. The van der Waals surface area contributed by atoms with Gasteiger partial charge >= 0.3 is 0 Å². The number of ether oxygens (including phenoxy) is 2. The fourth-order valence-corrected chi connectivity index (χ4v) is 1.96. The quantitative estimate of drug-likeness (QED) is 0.723. The molecule has 0 amide bonds. The van der Waals surface area contributed by atoms with Gasteiger partial charge < -0.3 is 19.9 Å². The molecule has 1 heterocycles. The lowest BCUT2D eigenvalue weighted by Gasteiger charge is -2.10. The molecule has 1 aromatic carbocycles. The second-order valence-corrected chi connectivity index (χ2v) is 4.36. The molecule has 0 saturated carbocycles. The fraction of sp³-hybridized carbons (Fsp3) is 0.400. The molecular formula is C15H20N2O3. The van der Waals surface area contributed by atoms with Crippen molar-refractivity contribution in [1.29, 1.82) is 0 Å². The number of hydrogen-bond acceptors (Lipinski definition) is 5. The molecular weight excluding hydrogens is 256 g/mol. The summed E-state index contributed by atoms with van der Waals surface area (Å²) >= 11 is 0. The van der Waals surface area contributed by atoms with Crippen LogP contribution in [-0.4, -0.2) is 43.6 Å². The minimum Gasteiger partial charge on any atom is -0.497 e. The number of aliphatic hydroxyl groups excluding tert-OH is 1. The average Bonchev–Trinajstić information content (AvgIpc) is 2.50. The van der Waals surface area contributed by atoms with Crippen molar-refractivity contribution in [2.24, 2.45) is 0 Å². The van der Waals surface area contributed by atoms with Crippen molar-refractivity contribution in [2.75, 3.05) is 38.8 Å². The van der Waals surface area contributed by atoms with E-state index in [4.69, 9.17) is 14.6 Å². The summed E-state index contributed by atoms with van der Waals surface area (Å²) in [6.45, 7) is 1.86. The van der Waals surface area contributed by atoms with Crippen molar-refractivity contribution < 1.29 is 14.6 Å². The zero-order valence-corrected chi connectivity index (χ0v) is 11.6. The summed E-state index contributed by atoms with van der Waals surface area (Å²) in [5.74, 6) is 1.67. The highest BCUT2D eigenvalue weighted by Gasteiger charge is 2.03. The Bertz CT molecular complexity index is 546. The van der Waals surface area contributed by atoms with Crippen LogP contribution >= 0.6 is 0 Å². The average molecular weight is 276 g/mol.